The molecule has 0 saturated heterocycles. The first-order valence-electron chi connectivity index (χ1n) is 13.5. The zero-order valence-electron chi connectivity index (χ0n) is 23.8. The summed E-state index contributed by atoms with van der Waals surface area (Å²) in [6, 6.07) is 12.3. The van der Waals surface area contributed by atoms with E-state index in [9.17, 15) is 14.4 Å². The second-order valence-electron chi connectivity index (χ2n) is 11.3. The van der Waals surface area contributed by atoms with Gasteiger partial charge >= 0.3 is 5.97 Å². The molecule has 1 aliphatic rings. The van der Waals surface area contributed by atoms with E-state index < -0.39 is 11.9 Å². The summed E-state index contributed by atoms with van der Waals surface area (Å²) in [7, 11) is 1.34. The summed E-state index contributed by atoms with van der Waals surface area (Å²) >= 11 is 1.42. The van der Waals surface area contributed by atoms with Crippen molar-refractivity contribution in [1.29, 1.82) is 0 Å². The van der Waals surface area contributed by atoms with Crippen molar-refractivity contribution in [1.82, 2.24) is 0 Å². The van der Waals surface area contributed by atoms with Crippen LogP contribution in [0.5, 0.6) is 17.2 Å². The van der Waals surface area contributed by atoms with E-state index in [1.807, 2.05) is 24.3 Å². The van der Waals surface area contributed by atoms with E-state index >= 15 is 0 Å². The highest BCUT2D eigenvalue weighted by molar-refractivity contribution is 7.17. The Bertz CT molecular complexity index is 1660. The van der Waals surface area contributed by atoms with Crippen molar-refractivity contribution >= 4 is 39.2 Å². The summed E-state index contributed by atoms with van der Waals surface area (Å²) in [4.78, 5) is 39.4. The fourth-order valence-corrected chi connectivity index (χ4v) is 6.28. The van der Waals surface area contributed by atoms with Gasteiger partial charge in [0.1, 0.15) is 28.3 Å². The summed E-state index contributed by atoms with van der Waals surface area (Å²) < 4.78 is 22.1. The van der Waals surface area contributed by atoms with Gasteiger partial charge in [-0.3, -0.25) is 9.59 Å². The molecule has 2 heterocycles. The van der Waals surface area contributed by atoms with Gasteiger partial charge in [-0.2, -0.15) is 0 Å². The van der Waals surface area contributed by atoms with E-state index in [0.717, 1.165) is 35.3 Å². The molecule has 5 rings (SSSR count). The van der Waals surface area contributed by atoms with Crippen LogP contribution in [0.3, 0.4) is 0 Å². The third-order valence-corrected chi connectivity index (χ3v) is 8.36. The second kappa shape index (κ2) is 11.4. The monoisotopic (exact) mass is 575 g/mol. The van der Waals surface area contributed by atoms with Crippen LogP contribution in [-0.4, -0.2) is 25.6 Å². The quantitative estimate of drug-likeness (QED) is 0.240. The van der Waals surface area contributed by atoms with Crippen molar-refractivity contribution in [3.63, 3.8) is 0 Å². The van der Waals surface area contributed by atoms with Gasteiger partial charge in [0.05, 0.1) is 18.1 Å². The summed E-state index contributed by atoms with van der Waals surface area (Å²) in [6.45, 7) is 8.27. The predicted octanol–water partition coefficient (Wildman–Crippen LogP) is 6.87. The average Bonchev–Trinajstić information content (AvgIpc) is 3.29. The third-order valence-electron chi connectivity index (χ3n) is 7.19. The van der Waals surface area contributed by atoms with Gasteiger partial charge in [-0.25, -0.2) is 4.79 Å². The predicted molar refractivity (Wildman–Crippen MR) is 159 cm³/mol. The lowest BCUT2D eigenvalue weighted by Crippen LogP contribution is -2.21. The third kappa shape index (κ3) is 6.15. The summed E-state index contributed by atoms with van der Waals surface area (Å²) in [5, 5.41) is 3.63. The lowest BCUT2D eigenvalue weighted by molar-refractivity contribution is -0.118. The Morgan fingerprint density at radius 2 is 1.83 bits per heavy atom. The van der Waals surface area contributed by atoms with Gasteiger partial charge in [0.25, 0.3) is 5.91 Å². The normalized spacial score (nSPS) is 14.8. The van der Waals surface area contributed by atoms with Crippen LogP contribution in [0.25, 0.3) is 11.0 Å². The van der Waals surface area contributed by atoms with Crippen LogP contribution in [0.15, 0.2) is 57.9 Å². The molecule has 1 amide bonds. The highest BCUT2D eigenvalue weighted by Crippen LogP contribution is 2.40. The number of anilines is 1. The molecule has 1 N–H and O–H groups in total. The average molecular weight is 576 g/mol. The molecule has 0 fully saturated rings. The van der Waals surface area contributed by atoms with E-state index in [0.29, 0.717) is 39.0 Å². The van der Waals surface area contributed by atoms with Gasteiger partial charge in [-0.05, 0) is 66.0 Å². The van der Waals surface area contributed by atoms with Crippen LogP contribution in [0.2, 0.25) is 0 Å². The van der Waals surface area contributed by atoms with Gasteiger partial charge in [0.15, 0.2) is 6.61 Å². The number of fused-ring (bicyclic) bond motifs is 2. The van der Waals surface area contributed by atoms with Gasteiger partial charge in [-0.1, -0.05) is 39.8 Å². The van der Waals surface area contributed by atoms with E-state index in [1.54, 1.807) is 18.2 Å². The maximum atomic E-state index is 13.0. The van der Waals surface area contributed by atoms with Crippen molar-refractivity contribution < 1.29 is 28.2 Å². The fraction of sp³-hybridized carbons (Fsp3) is 0.344. The number of rotatable bonds is 7. The summed E-state index contributed by atoms with van der Waals surface area (Å²) in [6.07, 6.45) is 3.91. The Labute approximate surface area is 242 Å². The molecule has 1 aliphatic carbocycles. The molecule has 1 unspecified atom stereocenters. The maximum absolute atomic E-state index is 13.0. The van der Waals surface area contributed by atoms with Crippen molar-refractivity contribution in [2.75, 3.05) is 19.0 Å². The Balaban J connectivity index is 1.26. The molecule has 8 nitrogen and oxygen atoms in total. The number of carbonyl (C=O) groups excluding carboxylic acids is 2. The fourth-order valence-electron chi connectivity index (χ4n) is 4.87. The zero-order chi connectivity index (χ0) is 29.3. The Kier molecular flexibility index (Phi) is 7.91. The zero-order valence-corrected chi connectivity index (χ0v) is 24.6. The topological polar surface area (TPSA) is 104 Å². The van der Waals surface area contributed by atoms with Crippen LogP contribution >= 0.6 is 11.3 Å². The highest BCUT2D eigenvalue weighted by Gasteiger charge is 2.29. The summed E-state index contributed by atoms with van der Waals surface area (Å²) in [5.74, 6) is 0.618. The first kappa shape index (κ1) is 28.4. The van der Waals surface area contributed by atoms with Gasteiger partial charge in [-0.15, -0.1) is 11.3 Å². The number of nitrogens with one attached hydrogen (secondary N) is 1. The number of methoxy groups -OCH3 is 1. The van der Waals surface area contributed by atoms with Crippen molar-refractivity contribution in [2.24, 2.45) is 5.92 Å². The molecular weight excluding hydrogens is 542 g/mol. The standard InChI is InChI=1S/C32H33NO7S/c1-18-6-12-23-26(14-18)41-30(28(23)31(36)37-5)33-27(34)17-38-21-11-13-22-24(15-21)39-16-25(29(22)35)40-20-9-7-19(8-10-20)32(2,3)4/h7-11,13,15-16,18H,6,12,14,17H2,1-5H3,(H,33,34). The van der Waals surface area contributed by atoms with Crippen LogP contribution in [0, 0.1) is 5.92 Å². The number of esters is 1. The molecule has 0 spiro atoms. The molecule has 4 aromatic rings. The minimum absolute atomic E-state index is 0.00912. The van der Waals surface area contributed by atoms with Gasteiger partial charge in [0.2, 0.25) is 11.2 Å². The van der Waals surface area contributed by atoms with E-state index in [4.69, 9.17) is 18.6 Å². The van der Waals surface area contributed by atoms with Crippen molar-refractivity contribution in [3.05, 3.63) is 80.5 Å². The number of benzene rings is 2. The van der Waals surface area contributed by atoms with Crippen molar-refractivity contribution in [3.8, 4) is 17.2 Å². The molecule has 0 saturated carbocycles. The molecule has 41 heavy (non-hydrogen) atoms. The minimum atomic E-state index is -0.455. The van der Waals surface area contributed by atoms with E-state index in [1.165, 1.54) is 24.7 Å². The van der Waals surface area contributed by atoms with Gasteiger partial charge in [0, 0.05) is 10.9 Å². The Morgan fingerprint density at radius 1 is 1.10 bits per heavy atom. The molecule has 2 aromatic carbocycles. The molecule has 0 bridgehead atoms. The van der Waals surface area contributed by atoms with Crippen molar-refractivity contribution in [2.45, 2.75) is 52.4 Å². The molecule has 214 valence electrons. The molecule has 0 radical (unpaired) electrons. The lowest BCUT2D eigenvalue weighted by Gasteiger charge is -2.19. The number of carbonyl (C=O) groups is 2. The van der Waals surface area contributed by atoms with Crippen LogP contribution < -0.4 is 20.2 Å². The van der Waals surface area contributed by atoms with E-state index in [-0.39, 0.29) is 23.2 Å². The van der Waals surface area contributed by atoms with Crippen LogP contribution in [-0.2, 0) is 27.8 Å². The molecule has 9 heteroatoms. The minimum Gasteiger partial charge on any atom is -0.484 e. The molecule has 0 aliphatic heterocycles. The lowest BCUT2D eigenvalue weighted by atomic mass is 9.87. The van der Waals surface area contributed by atoms with Crippen LogP contribution in [0.4, 0.5) is 5.00 Å². The maximum Gasteiger partial charge on any atom is 0.341 e. The second-order valence-corrected chi connectivity index (χ2v) is 12.5. The molecule has 1 atom stereocenters. The number of ether oxygens (including phenoxy) is 3. The number of amides is 1. The Morgan fingerprint density at radius 3 is 2.54 bits per heavy atom. The van der Waals surface area contributed by atoms with Gasteiger partial charge < -0.3 is 23.9 Å². The smallest absolute Gasteiger partial charge is 0.341 e. The summed E-state index contributed by atoms with van der Waals surface area (Å²) in [5.41, 5.74) is 2.55. The number of hydrogen-bond donors (Lipinski definition) is 1. The number of hydrogen-bond acceptors (Lipinski definition) is 8. The largest absolute Gasteiger partial charge is 0.484 e. The molecular formula is C32H33NO7S. The number of thiophene rings is 1. The van der Waals surface area contributed by atoms with E-state index in [2.05, 4.69) is 33.0 Å². The first-order chi connectivity index (χ1) is 19.5. The van der Waals surface area contributed by atoms with Crippen LogP contribution in [0.1, 0.15) is 60.5 Å². The molecule has 2 aromatic heterocycles. The SMILES string of the molecule is COC(=O)c1c(NC(=O)COc2ccc3c(=O)c(Oc4ccc(C(C)(C)C)cc4)coc3c2)sc2c1CCC(C)C2. The highest BCUT2D eigenvalue weighted by atomic mass is 32.1. The first-order valence-corrected chi connectivity index (χ1v) is 14.3. The Hall–Kier alpha value is -4.11.